The summed E-state index contributed by atoms with van der Waals surface area (Å²) in [7, 11) is 0. The summed E-state index contributed by atoms with van der Waals surface area (Å²) in [5.41, 5.74) is 3.69. The molecule has 0 N–H and O–H groups in total. The van der Waals surface area contributed by atoms with Crippen LogP contribution in [0.5, 0.6) is 0 Å². The molecule has 0 radical (unpaired) electrons. The lowest BCUT2D eigenvalue weighted by Gasteiger charge is -2.04. The fourth-order valence-corrected chi connectivity index (χ4v) is 1.66. The summed E-state index contributed by atoms with van der Waals surface area (Å²) < 4.78 is 0. The van der Waals surface area contributed by atoms with Gasteiger partial charge in [-0.25, -0.2) is 0 Å². The first-order valence-electron chi connectivity index (χ1n) is 3.95. The van der Waals surface area contributed by atoms with Gasteiger partial charge >= 0.3 is 0 Å². The van der Waals surface area contributed by atoms with Crippen LogP contribution >= 0.6 is 11.8 Å². The smallest absolute Gasteiger partial charge is 0.00778 e. The first-order chi connectivity index (χ1) is 5.63. The van der Waals surface area contributed by atoms with Gasteiger partial charge in [0.05, 0.1) is 0 Å². The zero-order chi connectivity index (χ0) is 9.14. The molecule has 1 rings (SSSR count). The van der Waals surface area contributed by atoms with E-state index in [0.29, 0.717) is 0 Å². The van der Waals surface area contributed by atoms with Crippen molar-refractivity contribution >= 4 is 17.3 Å². The molecule has 0 heterocycles. The third-order valence-electron chi connectivity index (χ3n) is 1.78. The van der Waals surface area contributed by atoms with Crippen molar-refractivity contribution in [3.63, 3.8) is 0 Å². The van der Waals surface area contributed by atoms with E-state index in [9.17, 15) is 0 Å². The molecule has 0 aliphatic rings. The SMILES string of the molecule is C=C(C)c1cc(C)cc(SC)c1. The maximum Gasteiger partial charge on any atom is 0.00778 e. The second-order valence-corrected chi connectivity index (χ2v) is 3.90. The molecule has 0 saturated heterocycles. The molecular formula is C11H14S. The molecule has 0 spiro atoms. The first kappa shape index (κ1) is 9.40. The van der Waals surface area contributed by atoms with Crippen LogP contribution in [0.2, 0.25) is 0 Å². The van der Waals surface area contributed by atoms with Gasteiger partial charge in [0.25, 0.3) is 0 Å². The number of allylic oxidation sites excluding steroid dienone is 1. The quantitative estimate of drug-likeness (QED) is 0.621. The predicted octanol–water partition coefficient (Wildman–Crippen LogP) is 3.75. The van der Waals surface area contributed by atoms with Gasteiger partial charge in [0.15, 0.2) is 0 Å². The standard InChI is InChI=1S/C11H14S/c1-8(2)10-5-9(3)6-11(7-10)12-4/h5-7H,1H2,2-4H3. The van der Waals surface area contributed by atoms with Crippen LogP contribution in [0.15, 0.2) is 29.7 Å². The van der Waals surface area contributed by atoms with Gasteiger partial charge in [-0.3, -0.25) is 0 Å². The fraction of sp³-hybridized carbons (Fsp3) is 0.273. The van der Waals surface area contributed by atoms with E-state index in [1.54, 1.807) is 11.8 Å². The van der Waals surface area contributed by atoms with E-state index in [1.165, 1.54) is 16.0 Å². The molecule has 0 bridgehead atoms. The maximum absolute atomic E-state index is 3.93. The van der Waals surface area contributed by atoms with Crippen molar-refractivity contribution in [2.24, 2.45) is 0 Å². The van der Waals surface area contributed by atoms with Gasteiger partial charge in [0.1, 0.15) is 0 Å². The average Bonchev–Trinajstić information content (AvgIpc) is 2.03. The van der Waals surface area contributed by atoms with Gasteiger partial charge in [0.2, 0.25) is 0 Å². The van der Waals surface area contributed by atoms with E-state index in [4.69, 9.17) is 0 Å². The van der Waals surface area contributed by atoms with Crippen molar-refractivity contribution in [1.29, 1.82) is 0 Å². The van der Waals surface area contributed by atoms with Crippen LogP contribution < -0.4 is 0 Å². The minimum absolute atomic E-state index is 1.13. The van der Waals surface area contributed by atoms with Crippen LogP contribution in [0.3, 0.4) is 0 Å². The molecule has 0 aromatic heterocycles. The number of rotatable bonds is 2. The molecule has 0 atom stereocenters. The van der Waals surface area contributed by atoms with Crippen molar-refractivity contribution in [1.82, 2.24) is 0 Å². The van der Waals surface area contributed by atoms with Crippen molar-refractivity contribution in [3.8, 4) is 0 Å². The van der Waals surface area contributed by atoms with Crippen LogP contribution in [0, 0.1) is 6.92 Å². The van der Waals surface area contributed by atoms with E-state index in [-0.39, 0.29) is 0 Å². The monoisotopic (exact) mass is 178 g/mol. The number of thioether (sulfide) groups is 1. The lowest BCUT2D eigenvalue weighted by atomic mass is 10.1. The van der Waals surface area contributed by atoms with E-state index >= 15 is 0 Å². The molecule has 0 nitrogen and oxygen atoms in total. The van der Waals surface area contributed by atoms with Crippen LogP contribution in [0.25, 0.3) is 5.57 Å². The Balaban J connectivity index is 3.15. The lowest BCUT2D eigenvalue weighted by Crippen LogP contribution is -1.82. The van der Waals surface area contributed by atoms with Crippen LogP contribution in [0.1, 0.15) is 18.1 Å². The minimum Gasteiger partial charge on any atom is -0.130 e. The zero-order valence-corrected chi connectivity index (χ0v) is 8.66. The molecule has 1 aromatic rings. The highest BCUT2D eigenvalue weighted by molar-refractivity contribution is 7.98. The van der Waals surface area contributed by atoms with E-state index in [2.05, 4.69) is 38.0 Å². The Morgan fingerprint density at radius 2 is 2.00 bits per heavy atom. The van der Waals surface area contributed by atoms with E-state index in [1.807, 2.05) is 6.92 Å². The van der Waals surface area contributed by atoms with Crippen molar-refractivity contribution in [2.45, 2.75) is 18.7 Å². The highest BCUT2D eigenvalue weighted by Crippen LogP contribution is 2.22. The van der Waals surface area contributed by atoms with Gasteiger partial charge in [0, 0.05) is 4.90 Å². The molecule has 12 heavy (non-hydrogen) atoms. The lowest BCUT2D eigenvalue weighted by molar-refractivity contribution is 1.34. The third-order valence-corrected chi connectivity index (χ3v) is 2.49. The molecular weight excluding hydrogens is 164 g/mol. The summed E-state index contributed by atoms with van der Waals surface area (Å²) in [6.07, 6.45) is 2.09. The van der Waals surface area contributed by atoms with Crippen LogP contribution in [-0.4, -0.2) is 6.26 Å². The Kier molecular flexibility index (Phi) is 2.99. The Bertz CT molecular complexity index is 300. The average molecular weight is 178 g/mol. The second-order valence-electron chi connectivity index (χ2n) is 3.02. The fourth-order valence-electron chi connectivity index (χ4n) is 1.11. The van der Waals surface area contributed by atoms with Crippen molar-refractivity contribution in [3.05, 3.63) is 35.9 Å². The number of benzene rings is 1. The Hall–Kier alpha value is -0.690. The Morgan fingerprint density at radius 3 is 2.50 bits per heavy atom. The van der Waals surface area contributed by atoms with E-state index < -0.39 is 0 Å². The maximum atomic E-state index is 3.93. The Labute approximate surface area is 78.7 Å². The third kappa shape index (κ3) is 2.15. The largest absolute Gasteiger partial charge is 0.130 e. The predicted molar refractivity (Wildman–Crippen MR) is 57.7 cm³/mol. The summed E-state index contributed by atoms with van der Waals surface area (Å²) in [5.74, 6) is 0. The normalized spacial score (nSPS) is 9.92. The molecule has 0 fully saturated rings. The first-order valence-corrected chi connectivity index (χ1v) is 5.17. The van der Waals surface area contributed by atoms with Gasteiger partial charge < -0.3 is 0 Å². The van der Waals surface area contributed by atoms with Gasteiger partial charge in [-0.05, 0) is 43.4 Å². The summed E-state index contributed by atoms with van der Waals surface area (Å²) in [6, 6.07) is 6.54. The molecule has 0 aliphatic heterocycles. The van der Waals surface area contributed by atoms with Gasteiger partial charge in [-0.2, -0.15) is 0 Å². The molecule has 0 amide bonds. The topological polar surface area (TPSA) is 0 Å². The number of hydrogen-bond donors (Lipinski definition) is 0. The molecule has 1 aromatic carbocycles. The summed E-state index contributed by atoms with van der Waals surface area (Å²) >= 11 is 1.77. The van der Waals surface area contributed by atoms with Crippen molar-refractivity contribution in [2.75, 3.05) is 6.26 Å². The summed E-state index contributed by atoms with van der Waals surface area (Å²) in [4.78, 5) is 1.31. The zero-order valence-electron chi connectivity index (χ0n) is 7.85. The summed E-state index contributed by atoms with van der Waals surface area (Å²) in [5, 5.41) is 0. The van der Waals surface area contributed by atoms with E-state index in [0.717, 1.165) is 5.57 Å². The van der Waals surface area contributed by atoms with Gasteiger partial charge in [-0.15, -0.1) is 11.8 Å². The molecule has 0 aliphatic carbocycles. The summed E-state index contributed by atoms with van der Waals surface area (Å²) in [6.45, 7) is 8.09. The number of aryl methyl sites for hydroxylation is 1. The molecule has 0 saturated carbocycles. The highest BCUT2D eigenvalue weighted by Gasteiger charge is 1.97. The number of hydrogen-bond acceptors (Lipinski definition) is 1. The minimum atomic E-state index is 1.13. The Morgan fingerprint density at radius 1 is 1.33 bits per heavy atom. The molecule has 0 unspecified atom stereocenters. The van der Waals surface area contributed by atoms with Crippen LogP contribution in [0.4, 0.5) is 0 Å². The molecule has 1 heteroatoms. The van der Waals surface area contributed by atoms with Crippen molar-refractivity contribution < 1.29 is 0 Å². The molecule has 64 valence electrons. The highest BCUT2D eigenvalue weighted by atomic mass is 32.2. The second kappa shape index (κ2) is 3.81. The van der Waals surface area contributed by atoms with Crippen LogP contribution in [-0.2, 0) is 0 Å². The van der Waals surface area contributed by atoms with Gasteiger partial charge in [-0.1, -0.05) is 18.2 Å².